The fourth-order valence-electron chi connectivity index (χ4n) is 5.69. The van der Waals surface area contributed by atoms with Crippen molar-refractivity contribution in [1.82, 2.24) is 9.21 Å². The maximum atomic E-state index is 12.9. The van der Waals surface area contributed by atoms with Gasteiger partial charge in [0.2, 0.25) is 10.0 Å². The van der Waals surface area contributed by atoms with Gasteiger partial charge in [0.05, 0.1) is 4.90 Å². The molecule has 2 heterocycles. The van der Waals surface area contributed by atoms with Gasteiger partial charge >= 0.3 is 0 Å². The third kappa shape index (κ3) is 5.03. The summed E-state index contributed by atoms with van der Waals surface area (Å²) in [4.78, 5) is 2.67. The Balaban J connectivity index is 1.35. The number of ether oxygens (including phenoxy) is 2. The molecule has 208 valence electrons. The first kappa shape index (κ1) is 26.6. The van der Waals surface area contributed by atoms with E-state index in [1.165, 1.54) is 37.7 Å². The second-order valence-corrected chi connectivity index (χ2v) is 12.8. The Kier molecular flexibility index (Phi) is 7.16. The summed E-state index contributed by atoms with van der Waals surface area (Å²) >= 11 is 0. The molecular formula is C32H34N2O5S. The Bertz CT molecular complexity index is 1640. The van der Waals surface area contributed by atoms with Crippen molar-refractivity contribution in [2.45, 2.75) is 30.3 Å². The SMILES string of the molecule is CN(C)S(=O)(=O)c1ccc2c(c1)-c1ccc3cc(O)ccc3c1C(c1ccc(OCCN3CCCCC3)cc1)O2. The predicted octanol–water partition coefficient (Wildman–Crippen LogP) is 5.81. The zero-order valence-corrected chi connectivity index (χ0v) is 23.7. The van der Waals surface area contributed by atoms with E-state index in [4.69, 9.17) is 9.47 Å². The highest BCUT2D eigenvalue weighted by atomic mass is 32.2. The molecule has 1 unspecified atom stereocenters. The standard InChI is InChI=1S/C32H34N2O5S/c1-33(2)40(36,37)26-12-15-30-29(21-26)28-13-8-23-20-24(35)9-14-27(23)31(28)32(39-30)22-6-10-25(11-7-22)38-19-18-34-16-4-3-5-17-34/h6-15,20-21,32,35H,3-5,16-19H2,1-2H3. The molecule has 0 aromatic heterocycles. The summed E-state index contributed by atoms with van der Waals surface area (Å²) < 4.78 is 39.7. The Hall–Kier alpha value is -3.59. The van der Waals surface area contributed by atoms with Crippen LogP contribution in [-0.2, 0) is 10.0 Å². The van der Waals surface area contributed by atoms with E-state index in [0.29, 0.717) is 12.4 Å². The molecule has 0 aliphatic carbocycles. The van der Waals surface area contributed by atoms with Crippen LogP contribution in [0, 0.1) is 0 Å². The summed E-state index contributed by atoms with van der Waals surface area (Å²) in [6, 6.07) is 22.3. The van der Waals surface area contributed by atoms with E-state index < -0.39 is 16.1 Å². The van der Waals surface area contributed by atoms with Crippen LogP contribution < -0.4 is 9.47 Å². The molecule has 0 bridgehead atoms. The molecule has 8 heteroatoms. The third-order valence-electron chi connectivity index (χ3n) is 7.88. The maximum Gasteiger partial charge on any atom is 0.242 e. The minimum atomic E-state index is -3.62. The van der Waals surface area contributed by atoms with Crippen molar-refractivity contribution in [2.75, 3.05) is 40.3 Å². The van der Waals surface area contributed by atoms with Crippen LogP contribution in [0.15, 0.2) is 77.7 Å². The topological polar surface area (TPSA) is 79.3 Å². The van der Waals surface area contributed by atoms with Crippen LogP contribution in [0.3, 0.4) is 0 Å². The Morgan fingerprint density at radius 3 is 2.45 bits per heavy atom. The van der Waals surface area contributed by atoms with Gasteiger partial charge in [-0.25, -0.2) is 12.7 Å². The monoisotopic (exact) mass is 558 g/mol. The molecule has 6 rings (SSSR count). The minimum absolute atomic E-state index is 0.187. The lowest BCUT2D eigenvalue weighted by Gasteiger charge is -2.31. The molecular weight excluding hydrogens is 524 g/mol. The molecule has 0 spiro atoms. The Morgan fingerprint density at radius 1 is 0.925 bits per heavy atom. The first-order valence-corrected chi connectivity index (χ1v) is 15.2. The summed E-state index contributed by atoms with van der Waals surface area (Å²) in [5.74, 6) is 1.63. The van der Waals surface area contributed by atoms with Crippen LogP contribution >= 0.6 is 0 Å². The third-order valence-corrected chi connectivity index (χ3v) is 9.69. The molecule has 2 aliphatic rings. The largest absolute Gasteiger partial charge is 0.508 e. The zero-order valence-electron chi connectivity index (χ0n) is 22.8. The molecule has 4 aromatic carbocycles. The molecule has 1 atom stereocenters. The summed E-state index contributed by atoms with van der Waals surface area (Å²) in [7, 11) is -0.571. The highest BCUT2D eigenvalue weighted by Gasteiger charge is 2.31. The van der Waals surface area contributed by atoms with Crippen molar-refractivity contribution in [1.29, 1.82) is 0 Å². The maximum absolute atomic E-state index is 12.9. The highest BCUT2D eigenvalue weighted by molar-refractivity contribution is 7.89. The molecule has 1 N–H and O–H groups in total. The average molecular weight is 559 g/mol. The quantitative estimate of drug-likeness (QED) is 0.309. The number of aromatic hydroxyl groups is 1. The van der Waals surface area contributed by atoms with Crippen LogP contribution in [0.2, 0.25) is 0 Å². The lowest BCUT2D eigenvalue weighted by molar-refractivity contribution is 0.183. The van der Waals surface area contributed by atoms with Crippen LogP contribution in [-0.4, -0.2) is 63.1 Å². The van der Waals surface area contributed by atoms with Gasteiger partial charge in [0.25, 0.3) is 0 Å². The Labute approximate surface area is 235 Å². The normalized spacial score (nSPS) is 17.3. The van der Waals surface area contributed by atoms with Crippen molar-refractivity contribution >= 4 is 20.8 Å². The molecule has 4 aromatic rings. The summed E-state index contributed by atoms with van der Waals surface area (Å²) in [6.45, 7) is 3.89. The molecule has 2 aliphatic heterocycles. The van der Waals surface area contributed by atoms with E-state index in [-0.39, 0.29) is 10.6 Å². The lowest BCUT2D eigenvalue weighted by Crippen LogP contribution is -2.33. The fourth-order valence-corrected chi connectivity index (χ4v) is 6.62. The number of nitrogens with zero attached hydrogens (tertiary/aromatic N) is 2. The number of fused-ring (bicyclic) bond motifs is 5. The van der Waals surface area contributed by atoms with Crippen molar-refractivity contribution in [2.24, 2.45) is 0 Å². The number of hydrogen-bond donors (Lipinski definition) is 1. The van der Waals surface area contributed by atoms with Gasteiger partial charge < -0.3 is 14.6 Å². The van der Waals surface area contributed by atoms with Gasteiger partial charge in [0.15, 0.2) is 6.10 Å². The number of piperidine rings is 1. The van der Waals surface area contributed by atoms with Crippen molar-refractivity contribution in [3.8, 4) is 28.4 Å². The number of sulfonamides is 1. The predicted molar refractivity (Wildman–Crippen MR) is 157 cm³/mol. The van der Waals surface area contributed by atoms with Crippen LogP contribution in [0.5, 0.6) is 17.2 Å². The van der Waals surface area contributed by atoms with Gasteiger partial charge in [0, 0.05) is 31.8 Å². The molecule has 40 heavy (non-hydrogen) atoms. The van der Waals surface area contributed by atoms with Crippen molar-refractivity contribution in [3.05, 3.63) is 83.9 Å². The second-order valence-electron chi connectivity index (χ2n) is 10.7. The minimum Gasteiger partial charge on any atom is -0.508 e. The molecule has 1 saturated heterocycles. The number of rotatable bonds is 7. The molecule has 1 fully saturated rings. The van der Waals surface area contributed by atoms with Crippen LogP contribution in [0.4, 0.5) is 0 Å². The number of likely N-dealkylation sites (tertiary alicyclic amines) is 1. The smallest absolute Gasteiger partial charge is 0.242 e. The first-order chi connectivity index (χ1) is 19.3. The molecule has 0 radical (unpaired) electrons. The Morgan fingerprint density at radius 2 is 1.70 bits per heavy atom. The van der Waals surface area contributed by atoms with Crippen LogP contribution in [0.1, 0.15) is 36.5 Å². The summed E-state index contributed by atoms with van der Waals surface area (Å²) in [6.07, 6.45) is 3.43. The number of phenolic OH excluding ortho intramolecular Hbond substituents is 1. The highest BCUT2D eigenvalue weighted by Crippen LogP contribution is 2.48. The van der Waals surface area contributed by atoms with E-state index in [0.717, 1.165) is 58.4 Å². The van der Waals surface area contributed by atoms with Crippen molar-refractivity contribution < 1.29 is 23.0 Å². The van der Waals surface area contributed by atoms with Gasteiger partial charge in [-0.05, 0) is 90.3 Å². The molecule has 0 amide bonds. The van der Waals surface area contributed by atoms with Gasteiger partial charge in [-0.3, -0.25) is 4.90 Å². The second kappa shape index (κ2) is 10.8. The first-order valence-electron chi connectivity index (χ1n) is 13.8. The summed E-state index contributed by atoms with van der Waals surface area (Å²) in [5.41, 5.74) is 3.52. The van der Waals surface area contributed by atoms with Crippen molar-refractivity contribution in [3.63, 3.8) is 0 Å². The molecule has 7 nitrogen and oxygen atoms in total. The van der Waals surface area contributed by atoms with Gasteiger partial charge in [-0.2, -0.15) is 0 Å². The lowest BCUT2D eigenvalue weighted by atomic mass is 9.86. The number of benzene rings is 4. The average Bonchev–Trinajstić information content (AvgIpc) is 2.97. The van der Waals surface area contributed by atoms with E-state index in [9.17, 15) is 13.5 Å². The van der Waals surface area contributed by atoms with E-state index in [1.54, 1.807) is 30.3 Å². The van der Waals surface area contributed by atoms with E-state index >= 15 is 0 Å². The fraction of sp³-hybridized carbons (Fsp3) is 0.312. The van der Waals surface area contributed by atoms with E-state index in [1.807, 2.05) is 42.5 Å². The van der Waals surface area contributed by atoms with Gasteiger partial charge in [-0.15, -0.1) is 0 Å². The zero-order chi connectivity index (χ0) is 27.9. The van der Waals surface area contributed by atoms with Gasteiger partial charge in [-0.1, -0.05) is 36.8 Å². The number of hydrogen-bond acceptors (Lipinski definition) is 6. The molecule has 0 saturated carbocycles. The van der Waals surface area contributed by atoms with Crippen LogP contribution in [0.25, 0.3) is 21.9 Å². The van der Waals surface area contributed by atoms with E-state index in [2.05, 4.69) is 4.90 Å². The number of phenols is 1. The summed E-state index contributed by atoms with van der Waals surface area (Å²) in [5, 5.41) is 11.9. The van der Waals surface area contributed by atoms with Gasteiger partial charge in [0.1, 0.15) is 23.9 Å².